The molecule has 1 heterocycles. The number of aromatic nitrogens is 1. The Kier molecular flexibility index (Phi) is 11.0. The van der Waals surface area contributed by atoms with Crippen molar-refractivity contribution in [3.63, 3.8) is 0 Å². The smallest absolute Gasteiger partial charge is 0.418 e. The van der Waals surface area contributed by atoms with Gasteiger partial charge >= 0.3 is 17.0 Å². The summed E-state index contributed by atoms with van der Waals surface area (Å²) in [7, 11) is 2.13. The number of halogens is 3. The van der Waals surface area contributed by atoms with Crippen LogP contribution >= 0.6 is 23.1 Å². The fourth-order valence-corrected chi connectivity index (χ4v) is 5.38. The number of likely N-dealkylation sites (N-methyl/N-ethyl adjacent to an activating group) is 1. The van der Waals surface area contributed by atoms with Gasteiger partial charge in [0.25, 0.3) is 0 Å². The third-order valence-electron chi connectivity index (χ3n) is 5.58. The first-order valence-electron chi connectivity index (χ1n) is 11.8. The fourth-order valence-electron chi connectivity index (χ4n) is 3.64. The van der Waals surface area contributed by atoms with Gasteiger partial charge in [0.1, 0.15) is 5.52 Å². The highest BCUT2D eigenvalue weighted by Gasteiger charge is 2.41. The van der Waals surface area contributed by atoms with Gasteiger partial charge in [-0.3, -0.25) is 4.79 Å². The number of hydrogen-bond acceptors (Lipinski definition) is 8. The molecule has 0 amide bonds. The Bertz CT molecular complexity index is 1200. The van der Waals surface area contributed by atoms with Crippen LogP contribution < -0.4 is 14.9 Å². The van der Waals surface area contributed by atoms with Crippen LogP contribution in [0, 0.1) is 0 Å². The standard InChI is InChI=1S/C25H30F3N3O4S2/c1-31(13-10-17-6-3-2-4-7-17)12-5-14-36-15-11-29-16-19(32)18-8-9-20(35-23(33)25(26,27)28)21-22(18)37-24(34)30-21/h2-4,6-9,19,29,32H,5,10-16H2,1H3,(H,30,34)/t19-/m0/s1. The van der Waals surface area contributed by atoms with E-state index in [1.807, 2.05) is 17.8 Å². The summed E-state index contributed by atoms with van der Waals surface area (Å²) in [6.07, 6.45) is -4.05. The molecule has 0 bridgehead atoms. The number of carbonyl (C=O) groups excluding carboxylic acids is 1. The zero-order chi connectivity index (χ0) is 26.8. The number of alkyl halides is 3. The molecule has 3 rings (SSSR count). The van der Waals surface area contributed by atoms with Crippen molar-refractivity contribution in [2.45, 2.75) is 25.1 Å². The van der Waals surface area contributed by atoms with Crippen molar-refractivity contribution >= 4 is 39.3 Å². The normalized spacial score (nSPS) is 12.8. The first kappa shape index (κ1) is 29.2. The van der Waals surface area contributed by atoms with Gasteiger partial charge in [-0.05, 0) is 43.8 Å². The average molecular weight is 558 g/mol. The van der Waals surface area contributed by atoms with Gasteiger partial charge < -0.3 is 25.0 Å². The Balaban J connectivity index is 1.37. The van der Waals surface area contributed by atoms with Crippen molar-refractivity contribution in [2.75, 3.05) is 44.7 Å². The third kappa shape index (κ3) is 9.15. The Labute approximate surface area is 221 Å². The molecule has 3 N–H and O–H groups in total. The molecule has 1 atom stereocenters. The lowest BCUT2D eigenvalue weighted by atomic mass is 10.1. The molecular formula is C25H30F3N3O4S2. The second-order valence-electron chi connectivity index (χ2n) is 8.48. The van der Waals surface area contributed by atoms with Gasteiger partial charge in [0.2, 0.25) is 0 Å². The molecule has 1 aromatic heterocycles. The molecule has 202 valence electrons. The number of aromatic amines is 1. The molecule has 0 saturated heterocycles. The van der Waals surface area contributed by atoms with E-state index >= 15 is 0 Å². The van der Waals surface area contributed by atoms with Gasteiger partial charge in [-0.2, -0.15) is 24.9 Å². The van der Waals surface area contributed by atoms with Crippen LogP contribution in [0.5, 0.6) is 5.75 Å². The molecule has 0 unspecified atom stereocenters. The maximum absolute atomic E-state index is 12.5. The summed E-state index contributed by atoms with van der Waals surface area (Å²) in [5.74, 6) is -0.913. The zero-order valence-electron chi connectivity index (χ0n) is 20.3. The second kappa shape index (κ2) is 14.0. The first-order valence-corrected chi connectivity index (χ1v) is 13.8. The van der Waals surface area contributed by atoms with E-state index in [-0.39, 0.29) is 16.8 Å². The van der Waals surface area contributed by atoms with E-state index in [1.54, 1.807) is 0 Å². The van der Waals surface area contributed by atoms with Gasteiger partial charge in [-0.1, -0.05) is 47.7 Å². The van der Waals surface area contributed by atoms with Crippen LogP contribution in [0.4, 0.5) is 13.2 Å². The summed E-state index contributed by atoms with van der Waals surface area (Å²) in [4.78, 5) is 27.2. The quantitative estimate of drug-likeness (QED) is 0.157. The number of thiazole rings is 1. The van der Waals surface area contributed by atoms with Crippen LogP contribution in [-0.2, 0) is 11.2 Å². The number of aliphatic hydroxyl groups excluding tert-OH is 1. The number of esters is 1. The summed E-state index contributed by atoms with van der Waals surface area (Å²) in [6.45, 7) is 2.91. The zero-order valence-corrected chi connectivity index (χ0v) is 22.0. The number of carbonyl (C=O) groups is 1. The van der Waals surface area contributed by atoms with Gasteiger partial charge in [0, 0.05) is 31.0 Å². The molecule has 7 nitrogen and oxygen atoms in total. The molecule has 12 heteroatoms. The van der Waals surface area contributed by atoms with Crippen LogP contribution in [0.25, 0.3) is 10.2 Å². The molecule has 37 heavy (non-hydrogen) atoms. The van der Waals surface area contributed by atoms with Gasteiger partial charge in [-0.25, -0.2) is 4.79 Å². The molecule has 0 aliphatic rings. The molecule has 2 aromatic carbocycles. The Morgan fingerprint density at radius 1 is 1.19 bits per heavy atom. The molecule has 0 aliphatic heterocycles. The second-order valence-corrected chi connectivity index (χ2v) is 10.7. The number of H-pyrrole nitrogens is 1. The van der Waals surface area contributed by atoms with E-state index in [1.165, 1.54) is 11.6 Å². The van der Waals surface area contributed by atoms with Gasteiger partial charge in [-0.15, -0.1) is 0 Å². The van der Waals surface area contributed by atoms with Crippen molar-refractivity contribution in [1.82, 2.24) is 15.2 Å². The minimum atomic E-state index is -5.17. The van der Waals surface area contributed by atoms with Crippen molar-refractivity contribution in [2.24, 2.45) is 0 Å². The van der Waals surface area contributed by atoms with E-state index in [2.05, 4.69) is 51.3 Å². The lowest BCUT2D eigenvalue weighted by molar-refractivity contribution is -0.189. The monoisotopic (exact) mass is 557 g/mol. The number of nitrogens with zero attached hydrogens (tertiary/aromatic N) is 1. The largest absolute Gasteiger partial charge is 0.491 e. The predicted molar refractivity (Wildman–Crippen MR) is 142 cm³/mol. The Morgan fingerprint density at radius 2 is 1.95 bits per heavy atom. The minimum Gasteiger partial charge on any atom is -0.418 e. The summed E-state index contributed by atoms with van der Waals surface area (Å²) in [5.41, 5.74) is 1.65. The van der Waals surface area contributed by atoms with Crippen molar-refractivity contribution < 1.29 is 27.8 Å². The maximum atomic E-state index is 12.5. The number of rotatable bonds is 14. The summed E-state index contributed by atoms with van der Waals surface area (Å²) >= 11 is 2.55. The van der Waals surface area contributed by atoms with Crippen LogP contribution in [0.3, 0.4) is 0 Å². The van der Waals surface area contributed by atoms with Crippen molar-refractivity contribution in [1.29, 1.82) is 0 Å². The van der Waals surface area contributed by atoms with Crippen LogP contribution in [0.2, 0.25) is 0 Å². The molecular weight excluding hydrogens is 527 g/mol. The Morgan fingerprint density at radius 3 is 2.68 bits per heavy atom. The van der Waals surface area contributed by atoms with E-state index in [9.17, 15) is 27.9 Å². The summed E-state index contributed by atoms with van der Waals surface area (Å²) < 4.78 is 42.3. The number of fused-ring (bicyclic) bond motifs is 1. The van der Waals surface area contributed by atoms with E-state index in [0.717, 1.165) is 54.8 Å². The van der Waals surface area contributed by atoms with Crippen molar-refractivity contribution in [3.8, 4) is 5.75 Å². The summed E-state index contributed by atoms with van der Waals surface area (Å²) in [5, 5.41) is 13.8. The highest BCUT2D eigenvalue weighted by atomic mass is 32.2. The SMILES string of the molecule is CN(CCCSCCNC[C@H](O)c1ccc(OC(=O)C(F)(F)F)c2[nH]c(=O)sc12)CCc1ccccc1. The van der Waals surface area contributed by atoms with Crippen molar-refractivity contribution in [3.05, 3.63) is 63.3 Å². The predicted octanol–water partition coefficient (Wildman–Crippen LogP) is 3.98. The molecule has 0 spiro atoms. The van der Waals surface area contributed by atoms with E-state index < -0.39 is 28.9 Å². The number of hydrogen-bond donors (Lipinski definition) is 3. The lowest BCUT2D eigenvalue weighted by Crippen LogP contribution is -2.28. The molecule has 0 radical (unpaired) electrons. The van der Waals surface area contributed by atoms with Gasteiger partial charge in [0.05, 0.1) is 10.8 Å². The average Bonchev–Trinajstić information content (AvgIpc) is 3.26. The molecule has 0 fully saturated rings. The lowest BCUT2D eigenvalue weighted by Gasteiger charge is -2.16. The highest BCUT2D eigenvalue weighted by molar-refractivity contribution is 7.99. The molecule has 3 aromatic rings. The topological polar surface area (TPSA) is 94.7 Å². The number of thioether (sulfide) groups is 1. The number of nitrogens with one attached hydrogen (secondary N) is 2. The van der Waals surface area contributed by atoms with E-state index in [0.29, 0.717) is 12.1 Å². The number of aliphatic hydroxyl groups is 1. The van der Waals surface area contributed by atoms with Crippen LogP contribution in [0.15, 0.2) is 47.3 Å². The first-order chi connectivity index (χ1) is 17.6. The fraction of sp³-hybridized carbons (Fsp3) is 0.440. The number of ether oxygens (including phenoxy) is 1. The minimum absolute atomic E-state index is 0.0477. The Hall–Kier alpha value is -2.38. The van der Waals surface area contributed by atoms with Gasteiger partial charge in [0.15, 0.2) is 5.75 Å². The van der Waals surface area contributed by atoms with E-state index in [4.69, 9.17) is 0 Å². The molecule has 0 aliphatic carbocycles. The van der Waals surface area contributed by atoms with Crippen LogP contribution in [0.1, 0.15) is 23.7 Å². The molecule has 0 saturated carbocycles. The maximum Gasteiger partial charge on any atom is 0.491 e. The summed E-state index contributed by atoms with van der Waals surface area (Å²) in [6, 6.07) is 12.9. The number of benzene rings is 2. The highest BCUT2D eigenvalue weighted by Crippen LogP contribution is 2.33. The third-order valence-corrected chi connectivity index (χ3v) is 7.58. The van der Waals surface area contributed by atoms with Crippen LogP contribution in [-0.4, -0.2) is 71.9 Å².